The zero-order chi connectivity index (χ0) is 22.3. The third-order valence-electron chi connectivity index (χ3n) is 3.64. The zero-order valence-corrected chi connectivity index (χ0v) is 18.3. The molecule has 30 heavy (non-hydrogen) atoms. The molecule has 1 amide bonds. The first-order valence-corrected chi connectivity index (χ1v) is 11.6. The van der Waals surface area contributed by atoms with Gasteiger partial charge in [0.05, 0.1) is 16.8 Å². The fraction of sp³-hybridized carbons (Fsp3) is 0.267. The van der Waals surface area contributed by atoms with E-state index in [1.165, 1.54) is 32.4 Å². The van der Waals surface area contributed by atoms with Crippen LogP contribution in [0, 0.1) is 0 Å². The average molecular weight is 498 g/mol. The Morgan fingerprint density at radius 1 is 1.27 bits per heavy atom. The molecule has 3 aromatic heterocycles. The van der Waals surface area contributed by atoms with Crippen molar-refractivity contribution in [2.45, 2.75) is 18.0 Å². The fourth-order valence-corrected chi connectivity index (χ4v) is 4.90. The number of rotatable bonds is 4. The van der Waals surface area contributed by atoms with Gasteiger partial charge in [0.15, 0.2) is 9.84 Å². The Kier molecular flexibility index (Phi) is 6.13. The van der Waals surface area contributed by atoms with Crippen LogP contribution in [0.15, 0.2) is 28.3 Å². The van der Waals surface area contributed by atoms with Gasteiger partial charge in [0.2, 0.25) is 9.81 Å². The highest BCUT2D eigenvalue weighted by molar-refractivity contribution is 7.91. The van der Waals surface area contributed by atoms with Crippen LogP contribution < -0.4 is 4.80 Å². The molecule has 0 radical (unpaired) electrons. The Morgan fingerprint density at radius 3 is 2.50 bits per heavy atom. The number of nitrogens with zero attached hydrogens (tertiary/aromatic N) is 5. The van der Waals surface area contributed by atoms with E-state index < -0.39 is 37.5 Å². The van der Waals surface area contributed by atoms with Gasteiger partial charge in [-0.1, -0.05) is 29.9 Å². The van der Waals surface area contributed by atoms with Crippen molar-refractivity contribution in [3.63, 3.8) is 0 Å². The number of halogens is 4. The summed E-state index contributed by atoms with van der Waals surface area (Å²) in [6, 6.07) is 1.22. The number of hydrogen-bond acceptors (Lipinski definition) is 8. The second kappa shape index (κ2) is 8.17. The SMILES string of the molecule is CCS(=O)(=O)c1cc(-c2ncc(Cl)s2)cnc1C(=O)N=c1sc(C(F)(F)F)nn1C. The van der Waals surface area contributed by atoms with Crippen LogP contribution in [0.1, 0.15) is 22.4 Å². The summed E-state index contributed by atoms with van der Waals surface area (Å²) in [5.74, 6) is -1.44. The van der Waals surface area contributed by atoms with E-state index in [0.29, 0.717) is 14.9 Å². The minimum absolute atomic E-state index is 0.150. The van der Waals surface area contributed by atoms with Gasteiger partial charge in [-0.3, -0.25) is 4.79 Å². The van der Waals surface area contributed by atoms with Gasteiger partial charge in [-0.25, -0.2) is 23.1 Å². The number of aryl methyl sites for hydroxylation is 1. The number of sulfone groups is 1. The van der Waals surface area contributed by atoms with E-state index in [-0.39, 0.29) is 21.9 Å². The third-order valence-corrected chi connectivity index (χ3v) is 7.59. The Morgan fingerprint density at radius 2 is 1.97 bits per heavy atom. The lowest BCUT2D eigenvalue weighted by atomic mass is 10.2. The Balaban J connectivity index is 2.13. The molecule has 0 spiro atoms. The lowest BCUT2D eigenvalue weighted by Crippen LogP contribution is -2.17. The summed E-state index contributed by atoms with van der Waals surface area (Å²) in [6.07, 6.45) is -2.10. The molecule has 3 heterocycles. The van der Waals surface area contributed by atoms with Crippen LogP contribution in [0.5, 0.6) is 0 Å². The van der Waals surface area contributed by atoms with Crippen molar-refractivity contribution in [3.05, 3.63) is 38.3 Å². The number of alkyl halides is 3. The van der Waals surface area contributed by atoms with E-state index in [4.69, 9.17) is 11.6 Å². The number of amides is 1. The zero-order valence-electron chi connectivity index (χ0n) is 15.1. The highest BCUT2D eigenvalue weighted by atomic mass is 35.5. The third kappa shape index (κ3) is 4.61. The van der Waals surface area contributed by atoms with Crippen molar-refractivity contribution in [1.29, 1.82) is 0 Å². The van der Waals surface area contributed by atoms with Crippen molar-refractivity contribution in [3.8, 4) is 10.6 Å². The van der Waals surface area contributed by atoms with E-state index in [1.807, 2.05) is 0 Å². The van der Waals surface area contributed by atoms with Gasteiger partial charge in [0.1, 0.15) is 15.0 Å². The summed E-state index contributed by atoms with van der Waals surface area (Å²) in [6.45, 7) is 1.38. The molecular weight excluding hydrogens is 487 g/mol. The molecular formula is C15H11ClF3N5O3S3. The molecule has 15 heteroatoms. The molecule has 0 fully saturated rings. The molecule has 0 aliphatic carbocycles. The predicted octanol–water partition coefficient (Wildman–Crippen LogP) is 3.21. The molecule has 0 unspecified atom stereocenters. The Hall–Kier alpha value is -2.16. The molecule has 8 nitrogen and oxygen atoms in total. The molecule has 0 aliphatic rings. The minimum atomic E-state index is -4.70. The van der Waals surface area contributed by atoms with Gasteiger partial charge in [0.25, 0.3) is 5.91 Å². The van der Waals surface area contributed by atoms with Crippen LogP contribution in [0.3, 0.4) is 0 Å². The molecule has 0 aliphatic heterocycles. The van der Waals surface area contributed by atoms with E-state index in [1.54, 1.807) is 0 Å². The highest BCUT2D eigenvalue weighted by Crippen LogP contribution is 2.31. The number of carbonyl (C=O) groups is 1. The van der Waals surface area contributed by atoms with Crippen molar-refractivity contribution in [1.82, 2.24) is 19.7 Å². The van der Waals surface area contributed by atoms with E-state index in [2.05, 4.69) is 20.1 Å². The van der Waals surface area contributed by atoms with Crippen LogP contribution in [0.4, 0.5) is 13.2 Å². The number of hydrogen-bond donors (Lipinski definition) is 0. The van der Waals surface area contributed by atoms with Crippen LogP contribution in [-0.2, 0) is 23.1 Å². The lowest BCUT2D eigenvalue weighted by molar-refractivity contribution is -0.138. The van der Waals surface area contributed by atoms with E-state index in [0.717, 1.165) is 16.0 Å². The van der Waals surface area contributed by atoms with Crippen LogP contribution >= 0.6 is 34.3 Å². The Bertz CT molecular complexity index is 1290. The van der Waals surface area contributed by atoms with Crippen molar-refractivity contribution in [2.75, 3.05) is 5.75 Å². The second-order valence-corrected chi connectivity index (χ2v) is 10.5. The summed E-state index contributed by atoms with van der Waals surface area (Å²) in [7, 11) is -2.73. The second-order valence-electron chi connectivity index (χ2n) is 5.67. The minimum Gasteiger partial charge on any atom is -0.265 e. The molecule has 3 rings (SSSR count). The molecule has 0 aromatic carbocycles. The van der Waals surface area contributed by atoms with Crippen LogP contribution in [-0.4, -0.2) is 39.8 Å². The largest absolute Gasteiger partial charge is 0.445 e. The maximum Gasteiger partial charge on any atom is 0.445 e. The van der Waals surface area contributed by atoms with Crippen LogP contribution in [0.25, 0.3) is 10.6 Å². The lowest BCUT2D eigenvalue weighted by Gasteiger charge is -2.07. The monoisotopic (exact) mass is 497 g/mol. The molecule has 0 bridgehead atoms. The standard InChI is InChI=1S/C15H11ClF3N5O3S3/c1-3-30(26,27)8-4-7(12-21-6-9(16)28-12)5-20-10(8)11(25)22-14-24(2)23-13(29-14)15(17,18)19/h4-6H,3H2,1-2H3. The van der Waals surface area contributed by atoms with Gasteiger partial charge in [-0.15, -0.1) is 11.3 Å². The first-order chi connectivity index (χ1) is 13.9. The van der Waals surface area contributed by atoms with Gasteiger partial charge >= 0.3 is 6.18 Å². The molecule has 0 N–H and O–H groups in total. The molecule has 160 valence electrons. The summed E-state index contributed by atoms with van der Waals surface area (Å²) in [4.78, 5) is 23.4. The van der Waals surface area contributed by atoms with Crippen molar-refractivity contribution in [2.24, 2.45) is 12.0 Å². The topological polar surface area (TPSA) is 107 Å². The molecule has 0 saturated carbocycles. The molecule has 0 atom stereocenters. The summed E-state index contributed by atoms with van der Waals surface area (Å²) < 4.78 is 64.7. The summed E-state index contributed by atoms with van der Waals surface area (Å²) in [5.41, 5.74) is -0.191. The smallest absolute Gasteiger partial charge is 0.265 e. The van der Waals surface area contributed by atoms with Gasteiger partial charge in [-0.05, 0) is 6.07 Å². The number of carbonyl (C=O) groups excluding carboxylic acids is 1. The molecule has 0 saturated heterocycles. The van der Waals surface area contributed by atoms with Crippen molar-refractivity contribution >= 4 is 50.0 Å². The highest BCUT2D eigenvalue weighted by Gasteiger charge is 2.35. The van der Waals surface area contributed by atoms with Gasteiger partial charge in [-0.2, -0.15) is 23.3 Å². The maximum atomic E-state index is 12.8. The van der Waals surface area contributed by atoms with Gasteiger partial charge in [0, 0.05) is 18.8 Å². The first kappa shape index (κ1) is 22.5. The predicted molar refractivity (Wildman–Crippen MR) is 104 cm³/mol. The fourth-order valence-electron chi connectivity index (χ4n) is 2.20. The van der Waals surface area contributed by atoms with E-state index >= 15 is 0 Å². The summed E-state index contributed by atoms with van der Waals surface area (Å²) in [5, 5.41) is 2.47. The van der Waals surface area contributed by atoms with Gasteiger partial charge < -0.3 is 0 Å². The quantitative estimate of drug-likeness (QED) is 0.548. The van der Waals surface area contributed by atoms with E-state index in [9.17, 15) is 26.4 Å². The average Bonchev–Trinajstić information content (AvgIpc) is 3.27. The normalized spacial score (nSPS) is 13.1. The number of thiazole rings is 1. The first-order valence-electron chi connectivity index (χ1n) is 7.97. The van der Waals surface area contributed by atoms with Crippen LogP contribution in [0.2, 0.25) is 4.34 Å². The number of pyridine rings is 1. The Labute approximate surface area is 180 Å². The maximum absolute atomic E-state index is 12.8. The number of aromatic nitrogens is 4. The molecule has 3 aromatic rings. The van der Waals surface area contributed by atoms with Crippen molar-refractivity contribution < 1.29 is 26.4 Å². The summed E-state index contributed by atoms with van der Waals surface area (Å²) >= 11 is 7.09.